The molecule has 1 aliphatic heterocycles. The Hall–Kier alpha value is -0.860. The van der Waals surface area contributed by atoms with Gasteiger partial charge in [-0.2, -0.15) is 0 Å². The van der Waals surface area contributed by atoms with Crippen molar-refractivity contribution in [1.29, 1.82) is 0 Å². The van der Waals surface area contributed by atoms with E-state index in [1.165, 1.54) is 0 Å². The number of imide groups is 1. The van der Waals surface area contributed by atoms with Gasteiger partial charge in [-0.3, -0.25) is 14.9 Å². The van der Waals surface area contributed by atoms with Crippen LogP contribution in [0.15, 0.2) is 0 Å². The van der Waals surface area contributed by atoms with Gasteiger partial charge in [0.15, 0.2) is 0 Å². The van der Waals surface area contributed by atoms with Gasteiger partial charge < -0.3 is 0 Å². The predicted octanol–water partition coefficient (Wildman–Crippen LogP) is 0.407. The fraction of sp³-hybridized carbons (Fsp3) is 0.571. The first-order valence-corrected chi connectivity index (χ1v) is 3.43. The molecule has 3 nitrogen and oxygen atoms in total. The normalized spacial score (nSPS) is 20.9. The topological polar surface area (TPSA) is 46.2 Å². The summed E-state index contributed by atoms with van der Waals surface area (Å²) in [7, 11) is 0. The molecule has 10 heavy (non-hydrogen) atoms. The molecule has 0 spiro atoms. The molecule has 3 heteroatoms. The Bertz CT molecular complexity index is 165. The largest absolute Gasteiger partial charge is 0.296 e. The van der Waals surface area contributed by atoms with Crippen molar-refractivity contribution in [2.75, 3.05) is 0 Å². The molecule has 1 saturated heterocycles. The zero-order valence-electron chi connectivity index (χ0n) is 5.94. The van der Waals surface area contributed by atoms with Crippen molar-refractivity contribution < 1.29 is 9.59 Å². The van der Waals surface area contributed by atoms with Gasteiger partial charge in [0.2, 0.25) is 11.8 Å². The first-order chi connectivity index (χ1) is 4.74. The third kappa shape index (κ3) is 1.35. The number of amides is 2. The molecule has 1 rings (SSSR count). The van der Waals surface area contributed by atoms with E-state index < -0.39 is 0 Å². The van der Waals surface area contributed by atoms with E-state index in [0.29, 0.717) is 12.8 Å². The zero-order valence-corrected chi connectivity index (χ0v) is 5.94. The fourth-order valence-electron chi connectivity index (χ4n) is 0.993. The molecule has 0 aromatic heterocycles. The number of piperidine rings is 1. The van der Waals surface area contributed by atoms with E-state index in [2.05, 4.69) is 5.32 Å². The molecule has 55 valence electrons. The summed E-state index contributed by atoms with van der Waals surface area (Å²) in [6.07, 6.45) is 1.86. The highest BCUT2D eigenvalue weighted by molar-refractivity contribution is 6.04. The maximum absolute atomic E-state index is 10.9. The maximum Gasteiger partial charge on any atom is 0.233 e. The first-order valence-electron chi connectivity index (χ1n) is 3.43. The summed E-state index contributed by atoms with van der Waals surface area (Å²) in [4.78, 5) is 21.5. The van der Waals surface area contributed by atoms with Crippen LogP contribution in [0.3, 0.4) is 0 Å². The van der Waals surface area contributed by atoms with Crippen molar-refractivity contribution in [3.63, 3.8) is 0 Å². The Labute approximate surface area is 59.8 Å². The van der Waals surface area contributed by atoms with Crippen LogP contribution in [-0.4, -0.2) is 11.8 Å². The molecule has 0 aromatic carbocycles. The Kier molecular flexibility index (Phi) is 2.04. The molecule has 0 aromatic rings. The van der Waals surface area contributed by atoms with E-state index in [4.69, 9.17) is 0 Å². The second-order valence-electron chi connectivity index (χ2n) is 2.33. The molecule has 0 bridgehead atoms. The zero-order chi connectivity index (χ0) is 7.56. The molecular formula is C7H10NO2. The third-order valence-electron chi connectivity index (χ3n) is 1.65. The van der Waals surface area contributed by atoms with Crippen LogP contribution >= 0.6 is 0 Å². The highest BCUT2D eigenvalue weighted by Gasteiger charge is 2.24. The Balaban J connectivity index is 2.51. The van der Waals surface area contributed by atoms with Gasteiger partial charge in [0.05, 0.1) is 5.92 Å². The van der Waals surface area contributed by atoms with Crippen molar-refractivity contribution in [2.45, 2.75) is 26.2 Å². The molecule has 0 unspecified atom stereocenters. The Morgan fingerprint density at radius 3 is 2.60 bits per heavy atom. The number of hydrogen-bond donors (Lipinski definition) is 1. The Morgan fingerprint density at radius 1 is 1.40 bits per heavy atom. The first kappa shape index (κ1) is 7.25. The van der Waals surface area contributed by atoms with Crippen LogP contribution in [0.2, 0.25) is 0 Å². The van der Waals surface area contributed by atoms with E-state index in [0.717, 1.165) is 12.3 Å². The number of nitrogens with one attached hydrogen (secondary N) is 1. The number of carbonyl (C=O) groups excluding carboxylic acids is 2. The molecule has 0 aliphatic carbocycles. The number of carbonyl (C=O) groups is 2. The SMILES string of the molecule is CC[C]1CCC(=O)NC1=O. The van der Waals surface area contributed by atoms with Gasteiger partial charge in [-0.05, 0) is 12.8 Å². The van der Waals surface area contributed by atoms with Crippen LogP contribution in [0.5, 0.6) is 0 Å². The second-order valence-corrected chi connectivity index (χ2v) is 2.33. The number of rotatable bonds is 1. The van der Waals surface area contributed by atoms with E-state index in [-0.39, 0.29) is 11.8 Å². The smallest absolute Gasteiger partial charge is 0.233 e. The van der Waals surface area contributed by atoms with E-state index in [1.54, 1.807) is 0 Å². The molecular weight excluding hydrogens is 130 g/mol. The van der Waals surface area contributed by atoms with Crippen LogP contribution in [-0.2, 0) is 9.59 Å². The van der Waals surface area contributed by atoms with Gasteiger partial charge >= 0.3 is 0 Å². The molecule has 1 fully saturated rings. The van der Waals surface area contributed by atoms with Gasteiger partial charge in [-0.15, -0.1) is 0 Å². The predicted molar refractivity (Wildman–Crippen MR) is 35.9 cm³/mol. The van der Waals surface area contributed by atoms with Gasteiger partial charge in [0.25, 0.3) is 0 Å². The van der Waals surface area contributed by atoms with Gasteiger partial charge in [0, 0.05) is 6.42 Å². The lowest BCUT2D eigenvalue weighted by Crippen LogP contribution is -2.39. The van der Waals surface area contributed by atoms with Crippen molar-refractivity contribution in [2.24, 2.45) is 0 Å². The lowest BCUT2D eigenvalue weighted by molar-refractivity contribution is -0.131. The average Bonchev–Trinajstić information content (AvgIpc) is 1.88. The molecule has 1 heterocycles. The van der Waals surface area contributed by atoms with Gasteiger partial charge in [-0.25, -0.2) is 0 Å². The molecule has 0 saturated carbocycles. The summed E-state index contributed by atoms with van der Waals surface area (Å²) >= 11 is 0. The van der Waals surface area contributed by atoms with Crippen LogP contribution in [0.25, 0.3) is 0 Å². The van der Waals surface area contributed by atoms with Gasteiger partial charge in [0.1, 0.15) is 0 Å². The number of hydrogen-bond acceptors (Lipinski definition) is 2. The summed E-state index contributed by atoms with van der Waals surface area (Å²) < 4.78 is 0. The van der Waals surface area contributed by atoms with Crippen LogP contribution in [0, 0.1) is 5.92 Å². The lowest BCUT2D eigenvalue weighted by atomic mass is 9.96. The van der Waals surface area contributed by atoms with Crippen LogP contribution in [0.4, 0.5) is 0 Å². The van der Waals surface area contributed by atoms with E-state index >= 15 is 0 Å². The average molecular weight is 140 g/mol. The van der Waals surface area contributed by atoms with Crippen molar-refractivity contribution in [3.8, 4) is 0 Å². The minimum absolute atomic E-state index is 0.151. The summed E-state index contributed by atoms with van der Waals surface area (Å²) in [5.74, 6) is 0.501. The highest BCUT2D eigenvalue weighted by Crippen LogP contribution is 2.16. The quantitative estimate of drug-likeness (QED) is 0.536. The van der Waals surface area contributed by atoms with E-state index in [9.17, 15) is 9.59 Å². The van der Waals surface area contributed by atoms with Crippen LogP contribution in [0.1, 0.15) is 26.2 Å². The fourth-order valence-corrected chi connectivity index (χ4v) is 0.993. The lowest BCUT2D eigenvalue weighted by Gasteiger charge is -2.17. The van der Waals surface area contributed by atoms with Gasteiger partial charge in [-0.1, -0.05) is 6.92 Å². The highest BCUT2D eigenvalue weighted by atomic mass is 16.2. The summed E-state index contributed by atoms with van der Waals surface area (Å²) in [5, 5.41) is 2.27. The summed E-state index contributed by atoms with van der Waals surface area (Å²) in [5.41, 5.74) is 0. The summed E-state index contributed by atoms with van der Waals surface area (Å²) in [6, 6.07) is 0. The minimum Gasteiger partial charge on any atom is -0.296 e. The van der Waals surface area contributed by atoms with Crippen molar-refractivity contribution in [1.82, 2.24) is 5.32 Å². The molecule has 1 radical (unpaired) electrons. The summed E-state index contributed by atoms with van der Waals surface area (Å²) in [6.45, 7) is 1.92. The van der Waals surface area contributed by atoms with E-state index in [1.807, 2.05) is 6.92 Å². The molecule has 1 N–H and O–H groups in total. The Morgan fingerprint density at radius 2 is 2.10 bits per heavy atom. The minimum atomic E-state index is -0.182. The molecule has 1 aliphatic rings. The standard InChI is InChI=1S/C7H10NO2/c1-2-5-3-4-6(9)8-7(5)10/h2-4H2,1H3,(H,8,9,10). The monoisotopic (exact) mass is 140 g/mol. The molecule has 2 amide bonds. The second kappa shape index (κ2) is 2.82. The van der Waals surface area contributed by atoms with Crippen molar-refractivity contribution in [3.05, 3.63) is 5.92 Å². The van der Waals surface area contributed by atoms with Crippen molar-refractivity contribution >= 4 is 11.8 Å². The van der Waals surface area contributed by atoms with Crippen LogP contribution < -0.4 is 5.32 Å². The third-order valence-corrected chi connectivity index (χ3v) is 1.65. The maximum atomic E-state index is 10.9. The molecule has 0 atom stereocenters.